The van der Waals surface area contributed by atoms with Crippen LogP contribution in [0.2, 0.25) is 0 Å². The summed E-state index contributed by atoms with van der Waals surface area (Å²) in [5.41, 5.74) is 7.37. The number of nitrogens with zero attached hydrogens (tertiary/aromatic N) is 2. The first-order chi connectivity index (χ1) is 15.6. The number of nitrogens with one attached hydrogen (secondary N) is 1. The lowest BCUT2D eigenvalue weighted by molar-refractivity contribution is 0.102. The Hall–Kier alpha value is -3.83. The number of amides is 1. The van der Waals surface area contributed by atoms with Gasteiger partial charge in [0.15, 0.2) is 5.13 Å². The molecule has 0 aliphatic carbocycles. The number of fused-ring (bicyclic) bond motifs is 1. The third-order valence-corrected chi connectivity index (χ3v) is 6.21. The van der Waals surface area contributed by atoms with E-state index in [-0.39, 0.29) is 5.91 Å². The second-order valence-corrected chi connectivity index (χ2v) is 8.60. The molecule has 5 aromatic rings. The molecule has 4 nitrogen and oxygen atoms in total. The van der Waals surface area contributed by atoms with Gasteiger partial charge in [0.25, 0.3) is 5.91 Å². The normalized spacial score (nSPS) is 10.9. The molecule has 2 heterocycles. The molecule has 0 fully saturated rings. The Morgan fingerprint density at radius 3 is 2.41 bits per heavy atom. The van der Waals surface area contributed by atoms with Gasteiger partial charge >= 0.3 is 0 Å². The standard InChI is InChI=1S/C27H21N3OS/c1-17-11-13-19(14-12-17)25-16-32-27(29-25)30-26(31)22-15-24(20-8-4-3-7-18(20)2)28-23-10-6-5-9-21(22)23/h3-16H,1-2H3,(H,29,30,31). The Bertz CT molecular complexity index is 1440. The van der Waals surface area contributed by atoms with Gasteiger partial charge in [0.2, 0.25) is 0 Å². The largest absolute Gasteiger partial charge is 0.298 e. The highest BCUT2D eigenvalue weighted by Crippen LogP contribution is 2.29. The maximum Gasteiger partial charge on any atom is 0.258 e. The molecule has 0 bridgehead atoms. The Kier molecular flexibility index (Phi) is 5.25. The summed E-state index contributed by atoms with van der Waals surface area (Å²) in [7, 11) is 0. The lowest BCUT2D eigenvalue weighted by Gasteiger charge is -2.11. The van der Waals surface area contributed by atoms with Crippen molar-refractivity contribution in [2.75, 3.05) is 5.32 Å². The van der Waals surface area contributed by atoms with E-state index in [0.29, 0.717) is 10.7 Å². The monoisotopic (exact) mass is 435 g/mol. The van der Waals surface area contributed by atoms with Gasteiger partial charge in [0.05, 0.1) is 22.5 Å². The van der Waals surface area contributed by atoms with Crippen molar-refractivity contribution in [3.63, 3.8) is 0 Å². The van der Waals surface area contributed by atoms with Gasteiger partial charge < -0.3 is 0 Å². The van der Waals surface area contributed by atoms with Crippen molar-refractivity contribution in [2.45, 2.75) is 13.8 Å². The Morgan fingerprint density at radius 2 is 1.59 bits per heavy atom. The zero-order valence-electron chi connectivity index (χ0n) is 17.8. The molecule has 5 rings (SSSR count). The molecule has 0 aliphatic heterocycles. The van der Waals surface area contributed by atoms with Crippen LogP contribution < -0.4 is 5.32 Å². The van der Waals surface area contributed by atoms with Gasteiger partial charge in [-0.2, -0.15) is 0 Å². The lowest BCUT2D eigenvalue weighted by Crippen LogP contribution is -2.13. The molecule has 0 atom stereocenters. The molecular weight excluding hydrogens is 414 g/mol. The van der Waals surface area contributed by atoms with E-state index in [2.05, 4.69) is 29.4 Å². The number of carbonyl (C=O) groups excluding carboxylic acids is 1. The van der Waals surface area contributed by atoms with Crippen LogP contribution in [0, 0.1) is 13.8 Å². The number of carbonyl (C=O) groups is 1. The number of hydrogen-bond acceptors (Lipinski definition) is 4. The van der Waals surface area contributed by atoms with Crippen molar-refractivity contribution in [3.05, 3.63) is 101 Å². The van der Waals surface area contributed by atoms with E-state index < -0.39 is 0 Å². The van der Waals surface area contributed by atoms with Gasteiger partial charge in [-0.15, -0.1) is 11.3 Å². The van der Waals surface area contributed by atoms with E-state index in [4.69, 9.17) is 4.98 Å². The number of rotatable bonds is 4. The van der Waals surface area contributed by atoms with Crippen molar-refractivity contribution >= 4 is 33.3 Å². The van der Waals surface area contributed by atoms with Gasteiger partial charge in [-0.3, -0.25) is 10.1 Å². The fourth-order valence-electron chi connectivity index (χ4n) is 3.71. The summed E-state index contributed by atoms with van der Waals surface area (Å²) in [6.07, 6.45) is 0. The first-order valence-corrected chi connectivity index (χ1v) is 11.3. The van der Waals surface area contributed by atoms with E-state index in [1.54, 1.807) is 0 Å². The number of hydrogen-bond donors (Lipinski definition) is 1. The molecule has 5 heteroatoms. The van der Waals surface area contributed by atoms with Crippen molar-refractivity contribution in [1.82, 2.24) is 9.97 Å². The molecule has 32 heavy (non-hydrogen) atoms. The van der Waals surface area contributed by atoms with E-state index in [0.717, 1.165) is 39.0 Å². The van der Waals surface area contributed by atoms with Crippen molar-refractivity contribution in [3.8, 4) is 22.5 Å². The fraction of sp³-hybridized carbons (Fsp3) is 0.0741. The van der Waals surface area contributed by atoms with Crippen molar-refractivity contribution in [2.24, 2.45) is 0 Å². The molecule has 1 N–H and O–H groups in total. The summed E-state index contributed by atoms with van der Waals surface area (Å²) >= 11 is 1.42. The molecule has 0 saturated heterocycles. The minimum absolute atomic E-state index is 0.191. The highest BCUT2D eigenvalue weighted by molar-refractivity contribution is 7.14. The average molecular weight is 436 g/mol. The van der Waals surface area contributed by atoms with Crippen molar-refractivity contribution < 1.29 is 4.79 Å². The maximum absolute atomic E-state index is 13.3. The van der Waals surface area contributed by atoms with Crippen LogP contribution in [0.15, 0.2) is 84.2 Å². The molecule has 3 aromatic carbocycles. The average Bonchev–Trinajstić information content (AvgIpc) is 3.27. The Balaban J connectivity index is 1.51. The predicted octanol–water partition coefficient (Wildman–Crippen LogP) is 6.89. The third kappa shape index (κ3) is 3.90. The minimum atomic E-state index is -0.191. The molecule has 2 aromatic heterocycles. The van der Waals surface area contributed by atoms with Gasteiger partial charge in [-0.25, -0.2) is 9.97 Å². The molecule has 0 unspecified atom stereocenters. The second-order valence-electron chi connectivity index (χ2n) is 7.75. The number of thiazole rings is 1. The summed E-state index contributed by atoms with van der Waals surface area (Å²) in [6, 6.07) is 25.9. The number of benzene rings is 3. The predicted molar refractivity (Wildman–Crippen MR) is 132 cm³/mol. The first kappa shape index (κ1) is 20.1. The van der Waals surface area contributed by atoms with Crippen LogP contribution >= 0.6 is 11.3 Å². The summed E-state index contributed by atoms with van der Waals surface area (Å²) < 4.78 is 0. The van der Waals surface area contributed by atoms with Gasteiger partial charge in [-0.1, -0.05) is 72.3 Å². The maximum atomic E-state index is 13.3. The molecule has 0 radical (unpaired) electrons. The van der Waals surface area contributed by atoms with E-state index >= 15 is 0 Å². The second kappa shape index (κ2) is 8.36. The third-order valence-electron chi connectivity index (χ3n) is 5.45. The SMILES string of the molecule is Cc1ccc(-c2csc(NC(=O)c3cc(-c4ccccc4C)nc4ccccc34)n2)cc1. The molecule has 1 amide bonds. The number of anilines is 1. The zero-order valence-corrected chi connectivity index (χ0v) is 18.6. The molecular formula is C27H21N3OS. The van der Waals surface area contributed by atoms with E-state index in [1.807, 2.05) is 79.0 Å². The highest BCUT2D eigenvalue weighted by atomic mass is 32.1. The Labute approximate surface area is 190 Å². The van der Waals surface area contributed by atoms with Crippen LogP contribution in [0.1, 0.15) is 21.5 Å². The van der Waals surface area contributed by atoms with Gasteiger partial charge in [0, 0.05) is 21.9 Å². The quantitative estimate of drug-likeness (QED) is 0.334. The van der Waals surface area contributed by atoms with E-state index in [9.17, 15) is 4.79 Å². The Morgan fingerprint density at radius 1 is 0.844 bits per heavy atom. The molecule has 0 spiro atoms. The number of aryl methyl sites for hydroxylation is 2. The van der Waals surface area contributed by atoms with Gasteiger partial charge in [0.1, 0.15) is 0 Å². The van der Waals surface area contributed by atoms with Gasteiger partial charge in [-0.05, 0) is 31.5 Å². The fourth-order valence-corrected chi connectivity index (χ4v) is 4.43. The van der Waals surface area contributed by atoms with E-state index in [1.165, 1.54) is 16.9 Å². The number of aromatic nitrogens is 2. The number of pyridine rings is 1. The smallest absolute Gasteiger partial charge is 0.258 e. The summed E-state index contributed by atoms with van der Waals surface area (Å²) in [6.45, 7) is 4.11. The van der Waals surface area contributed by atoms with Crippen LogP contribution in [0.3, 0.4) is 0 Å². The first-order valence-electron chi connectivity index (χ1n) is 10.4. The van der Waals surface area contributed by atoms with Crippen LogP contribution in [0.25, 0.3) is 33.4 Å². The summed E-state index contributed by atoms with van der Waals surface area (Å²) in [4.78, 5) is 22.8. The zero-order chi connectivity index (χ0) is 22.1. The minimum Gasteiger partial charge on any atom is -0.298 e. The molecule has 0 aliphatic rings. The summed E-state index contributed by atoms with van der Waals surface area (Å²) in [5.74, 6) is -0.191. The molecule has 156 valence electrons. The van der Waals surface area contributed by atoms with Crippen LogP contribution in [-0.2, 0) is 0 Å². The highest BCUT2D eigenvalue weighted by Gasteiger charge is 2.16. The molecule has 0 saturated carbocycles. The number of para-hydroxylation sites is 1. The van der Waals surface area contributed by atoms with Crippen molar-refractivity contribution in [1.29, 1.82) is 0 Å². The topological polar surface area (TPSA) is 54.9 Å². The lowest BCUT2D eigenvalue weighted by atomic mass is 10.0. The van der Waals surface area contributed by atoms with Crippen LogP contribution in [-0.4, -0.2) is 15.9 Å². The van der Waals surface area contributed by atoms with Crippen LogP contribution in [0.5, 0.6) is 0 Å². The summed E-state index contributed by atoms with van der Waals surface area (Å²) in [5, 5.41) is 6.34. The van der Waals surface area contributed by atoms with Crippen LogP contribution in [0.4, 0.5) is 5.13 Å².